The Bertz CT molecular complexity index is 811. The van der Waals surface area contributed by atoms with Gasteiger partial charge in [-0.3, -0.25) is 4.79 Å². The van der Waals surface area contributed by atoms with Crippen LogP contribution < -0.4 is 4.74 Å². The molecule has 1 saturated heterocycles. The number of carbonyl (C=O) groups is 1. The van der Waals surface area contributed by atoms with Crippen LogP contribution in [0.5, 0.6) is 5.75 Å². The van der Waals surface area contributed by atoms with Crippen LogP contribution in [0.4, 0.5) is 0 Å². The van der Waals surface area contributed by atoms with Gasteiger partial charge in [0.05, 0.1) is 24.7 Å². The van der Waals surface area contributed by atoms with Gasteiger partial charge in [0.15, 0.2) is 5.78 Å². The van der Waals surface area contributed by atoms with E-state index in [2.05, 4.69) is 25.1 Å². The summed E-state index contributed by atoms with van der Waals surface area (Å²) in [6.07, 6.45) is 4.88. The minimum absolute atomic E-state index is 0.00435. The zero-order valence-corrected chi connectivity index (χ0v) is 14.5. The van der Waals surface area contributed by atoms with Gasteiger partial charge >= 0.3 is 0 Å². The van der Waals surface area contributed by atoms with E-state index in [0.717, 1.165) is 23.3 Å². The zero-order valence-electron chi connectivity index (χ0n) is 14.5. The Hall–Kier alpha value is -2.39. The van der Waals surface area contributed by atoms with Crippen molar-refractivity contribution in [3.63, 3.8) is 0 Å². The number of hydrogen-bond donors (Lipinski definition) is 0. The van der Waals surface area contributed by atoms with Crippen molar-refractivity contribution in [3.8, 4) is 5.75 Å². The molecule has 3 nitrogen and oxygen atoms in total. The first-order valence-electron chi connectivity index (χ1n) is 8.79. The van der Waals surface area contributed by atoms with Gasteiger partial charge in [-0.2, -0.15) is 0 Å². The second kappa shape index (κ2) is 6.16. The molecular weight excluding hydrogens is 312 g/mol. The predicted octanol–water partition coefficient (Wildman–Crippen LogP) is 4.40. The number of ether oxygens (including phenoxy) is 2. The van der Waals surface area contributed by atoms with Gasteiger partial charge < -0.3 is 9.47 Å². The summed E-state index contributed by atoms with van der Waals surface area (Å²) in [7, 11) is 1.67. The SMILES string of the molecule is CCC12C=CC(O1)C(C(=O)c1ccccc1)C2c1cccc(OC)c1. The van der Waals surface area contributed by atoms with Gasteiger partial charge in [-0.1, -0.05) is 61.5 Å². The number of hydrogen-bond acceptors (Lipinski definition) is 3. The fourth-order valence-corrected chi connectivity index (χ4v) is 4.29. The number of rotatable bonds is 5. The molecule has 2 aromatic rings. The van der Waals surface area contributed by atoms with E-state index in [1.165, 1.54) is 0 Å². The molecule has 0 N–H and O–H groups in total. The Morgan fingerprint density at radius 3 is 2.68 bits per heavy atom. The van der Waals surface area contributed by atoms with Gasteiger partial charge in [-0.25, -0.2) is 0 Å². The average molecular weight is 334 g/mol. The van der Waals surface area contributed by atoms with Crippen LogP contribution in [0.1, 0.15) is 35.2 Å². The van der Waals surface area contributed by atoms with Gasteiger partial charge in [0, 0.05) is 11.5 Å². The second-order valence-electron chi connectivity index (χ2n) is 6.76. The summed E-state index contributed by atoms with van der Waals surface area (Å²) >= 11 is 0. The molecule has 0 saturated carbocycles. The number of ketones is 1. The van der Waals surface area contributed by atoms with Gasteiger partial charge in [0.2, 0.25) is 0 Å². The van der Waals surface area contributed by atoms with E-state index < -0.39 is 5.60 Å². The summed E-state index contributed by atoms with van der Waals surface area (Å²) in [5, 5.41) is 0. The summed E-state index contributed by atoms with van der Waals surface area (Å²) in [5.41, 5.74) is 1.44. The van der Waals surface area contributed by atoms with Crippen LogP contribution in [0.15, 0.2) is 66.7 Å². The Kier molecular flexibility index (Phi) is 3.97. The van der Waals surface area contributed by atoms with Crippen molar-refractivity contribution in [2.24, 2.45) is 5.92 Å². The first-order chi connectivity index (χ1) is 12.2. The minimum Gasteiger partial charge on any atom is -0.497 e. The lowest BCUT2D eigenvalue weighted by Crippen LogP contribution is -2.36. The van der Waals surface area contributed by atoms with Crippen molar-refractivity contribution in [1.82, 2.24) is 0 Å². The molecule has 4 unspecified atom stereocenters. The molecule has 0 spiro atoms. The zero-order chi connectivity index (χ0) is 17.4. The summed E-state index contributed by atoms with van der Waals surface area (Å²) in [5.74, 6) is 0.745. The van der Waals surface area contributed by atoms with E-state index in [-0.39, 0.29) is 23.7 Å². The van der Waals surface area contributed by atoms with Gasteiger partial charge in [-0.05, 0) is 24.1 Å². The molecule has 0 aromatic heterocycles. The number of methoxy groups -OCH3 is 1. The summed E-state index contributed by atoms with van der Waals surface area (Å²) in [6, 6.07) is 17.6. The molecule has 0 aliphatic carbocycles. The van der Waals surface area contributed by atoms with E-state index in [4.69, 9.17) is 9.47 Å². The Morgan fingerprint density at radius 1 is 1.16 bits per heavy atom. The van der Waals surface area contributed by atoms with Crippen molar-refractivity contribution in [1.29, 1.82) is 0 Å². The molecule has 2 aliphatic rings. The van der Waals surface area contributed by atoms with E-state index in [0.29, 0.717) is 0 Å². The second-order valence-corrected chi connectivity index (χ2v) is 6.76. The molecule has 2 heterocycles. The van der Waals surface area contributed by atoms with Crippen LogP contribution in [-0.2, 0) is 4.74 Å². The van der Waals surface area contributed by atoms with Crippen molar-refractivity contribution < 1.29 is 14.3 Å². The molecule has 4 atom stereocenters. The van der Waals surface area contributed by atoms with E-state index in [1.807, 2.05) is 48.5 Å². The van der Waals surface area contributed by atoms with Crippen LogP contribution >= 0.6 is 0 Å². The highest BCUT2D eigenvalue weighted by atomic mass is 16.5. The maximum absolute atomic E-state index is 13.3. The average Bonchev–Trinajstić information content (AvgIpc) is 3.25. The topological polar surface area (TPSA) is 35.5 Å². The largest absolute Gasteiger partial charge is 0.497 e. The smallest absolute Gasteiger partial charge is 0.169 e. The molecule has 3 heteroatoms. The fourth-order valence-electron chi connectivity index (χ4n) is 4.29. The lowest BCUT2D eigenvalue weighted by Gasteiger charge is -2.33. The number of Topliss-reactive ketones (excluding diaryl/α,β-unsaturated/α-hetero) is 1. The highest BCUT2D eigenvalue weighted by Crippen LogP contribution is 2.55. The Morgan fingerprint density at radius 2 is 1.96 bits per heavy atom. The third-order valence-corrected chi connectivity index (χ3v) is 5.53. The van der Waals surface area contributed by atoms with Crippen LogP contribution in [0.3, 0.4) is 0 Å². The summed E-state index contributed by atoms with van der Waals surface area (Å²) < 4.78 is 11.7. The monoisotopic (exact) mass is 334 g/mol. The Balaban J connectivity index is 1.79. The third kappa shape index (κ3) is 2.50. The molecule has 2 aromatic carbocycles. The molecule has 2 bridgehead atoms. The van der Waals surface area contributed by atoms with Gasteiger partial charge in [0.1, 0.15) is 5.75 Å². The van der Waals surface area contributed by atoms with Gasteiger partial charge in [-0.15, -0.1) is 0 Å². The lowest BCUT2D eigenvalue weighted by atomic mass is 9.68. The molecule has 25 heavy (non-hydrogen) atoms. The van der Waals surface area contributed by atoms with Crippen molar-refractivity contribution in [3.05, 3.63) is 77.9 Å². The van der Waals surface area contributed by atoms with Crippen LogP contribution in [-0.4, -0.2) is 24.6 Å². The first kappa shape index (κ1) is 16.1. The lowest BCUT2D eigenvalue weighted by molar-refractivity contribution is 0.0200. The van der Waals surface area contributed by atoms with Crippen molar-refractivity contribution >= 4 is 5.78 Å². The quantitative estimate of drug-likeness (QED) is 0.601. The minimum atomic E-state index is -0.411. The summed E-state index contributed by atoms with van der Waals surface area (Å²) in [4.78, 5) is 13.3. The van der Waals surface area contributed by atoms with Crippen molar-refractivity contribution in [2.45, 2.75) is 31.0 Å². The Labute approximate surface area is 148 Å². The number of benzene rings is 2. The first-order valence-corrected chi connectivity index (χ1v) is 8.79. The molecular formula is C22H22O3. The van der Waals surface area contributed by atoms with Crippen LogP contribution in [0, 0.1) is 5.92 Å². The highest BCUT2D eigenvalue weighted by Gasteiger charge is 2.58. The van der Waals surface area contributed by atoms with Crippen LogP contribution in [0.2, 0.25) is 0 Å². The third-order valence-electron chi connectivity index (χ3n) is 5.53. The predicted molar refractivity (Wildman–Crippen MR) is 97.0 cm³/mol. The van der Waals surface area contributed by atoms with E-state index >= 15 is 0 Å². The maximum Gasteiger partial charge on any atom is 0.169 e. The van der Waals surface area contributed by atoms with E-state index in [9.17, 15) is 4.79 Å². The molecule has 2 aliphatic heterocycles. The van der Waals surface area contributed by atoms with Crippen LogP contribution in [0.25, 0.3) is 0 Å². The number of fused-ring (bicyclic) bond motifs is 2. The molecule has 128 valence electrons. The van der Waals surface area contributed by atoms with Gasteiger partial charge in [0.25, 0.3) is 0 Å². The fraction of sp³-hybridized carbons (Fsp3) is 0.318. The highest BCUT2D eigenvalue weighted by molar-refractivity contribution is 5.99. The van der Waals surface area contributed by atoms with Crippen molar-refractivity contribution in [2.75, 3.05) is 7.11 Å². The standard InChI is InChI=1S/C22H22O3/c1-3-22-13-12-18(25-22)19(21(23)15-8-5-4-6-9-15)20(22)16-10-7-11-17(14-16)24-2/h4-14,18-20H,3H2,1-2H3. The summed E-state index contributed by atoms with van der Waals surface area (Å²) in [6.45, 7) is 2.12. The molecule has 1 fully saturated rings. The molecule has 0 amide bonds. The molecule has 0 radical (unpaired) electrons. The maximum atomic E-state index is 13.3. The number of carbonyl (C=O) groups excluding carboxylic acids is 1. The molecule has 4 rings (SSSR count). The van der Waals surface area contributed by atoms with E-state index in [1.54, 1.807) is 7.11 Å². The normalized spacial score (nSPS) is 29.8.